The van der Waals surface area contributed by atoms with Crippen LogP contribution in [0.4, 0.5) is 13.6 Å². The molecule has 2 aliphatic rings. The molecular weight excluding hydrogens is 390 g/mol. The summed E-state index contributed by atoms with van der Waals surface area (Å²) in [5.41, 5.74) is -1.52. The Hall–Kier alpha value is -2.75. The zero-order chi connectivity index (χ0) is 20.1. The molecule has 2 heterocycles. The third-order valence-electron chi connectivity index (χ3n) is 5.35. The number of amides is 3. The predicted molar refractivity (Wildman–Crippen MR) is 95.6 cm³/mol. The Morgan fingerprint density at radius 3 is 2.61 bits per heavy atom. The molecule has 7 nitrogen and oxygen atoms in total. The van der Waals surface area contributed by atoms with Gasteiger partial charge in [-0.25, -0.2) is 13.6 Å². The number of halogens is 2. The number of hydrogen-bond donors (Lipinski definition) is 0. The van der Waals surface area contributed by atoms with Crippen LogP contribution in [0.2, 0.25) is 0 Å². The molecule has 28 heavy (non-hydrogen) atoms. The second-order valence-corrected chi connectivity index (χ2v) is 7.81. The number of nitrogens with zero attached hydrogens (tertiary/aromatic N) is 4. The molecule has 0 radical (unpaired) electrons. The molecule has 0 atom stereocenters. The minimum atomic E-state index is -1.00. The lowest BCUT2D eigenvalue weighted by atomic mass is 9.75. The normalized spacial score (nSPS) is 18.1. The van der Waals surface area contributed by atoms with Crippen molar-refractivity contribution >= 4 is 29.6 Å². The summed E-state index contributed by atoms with van der Waals surface area (Å²) in [5, 5.41) is 8.53. The third-order valence-corrected chi connectivity index (χ3v) is 6.30. The smallest absolute Gasteiger partial charge is 0.303 e. The van der Waals surface area contributed by atoms with Crippen molar-refractivity contribution in [2.45, 2.75) is 38.3 Å². The van der Waals surface area contributed by atoms with Crippen molar-refractivity contribution in [3.63, 3.8) is 0 Å². The molecule has 146 valence electrons. The highest BCUT2D eigenvalue weighted by Gasteiger charge is 2.59. The molecule has 2 aromatic rings. The van der Waals surface area contributed by atoms with Gasteiger partial charge in [-0.05, 0) is 38.3 Å². The van der Waals surface area contributed by atoms with E-state index < -0.39 is 22.7 Å². The Kier molecular flexibility index (Phi) is 4.45. The van der Waals surface area contributed by atoms with Crippen LogP contribution in [-0.4, -0.2) is 50.3 Å². The maximum Gasteiger partial charge on any atom is 0.328 e. The largest absolute Gasteiger partial charge is 0.328 e. The summed E-state index contributed by atoms with van der Waals surface area (Å²) in [6, 6.07) is 1.83. The highest BCUT2D eigenvalue weighted by molar-refractivity contribution is 7.14. The van der Waals surface area contributed by atoms with Crippen molar-refractivity contribution in [1.82, 2.24) is 20.0 Å². The van der Waals surface area contributed by atoms with Crippen LogP contribution in [-0.2, 0) is 11.3 Å². The number of imide groups is 1. The zero-order valence-corrected chi connectivity index (χ0v) is 15.8. The molecular formula is C18H16F2N4O3S. The third kappa shape index (κ3) is 2.55. The minimum Gasteiger partial charge on any atom is -0.303 e. The number of urea groups is 1. The summed E-state index contributed by atoms with van der Waals surface area (Å²) in [6.45, 7) is 2.13. The fraction of sp³-hybridized carbons (Fsp3) is 0.389. The summed E-state index contributed by atoms with van der Waals surface area (Å²) in [7, 11) is 0. The second kappa shape index (κ2) is 6.69. The lowest BCUT2D eigenvalue weighted by Crippen LogP contribution is -2.54. The number of likely N-dealkylation sites (N-methyl/N-ethyl adjacent to an activating group) is 1. The molecule has 1 saturated heterocycles. The number of carbonyl (C=O) groups excluding carboxylic acids is 3. The minimum absolute atomic E-state index is 0.0374. The molecule has 2 fully saturated rings. The van der Waals surface area contributed by atoms with Gasteiger partial charge in [-0.3, -0.25) is 14.5 Å². The number of hydrogen-bond acceptors (Lipinski definition) is 6. The SMILES string of the molecule is CCN1C(=O)N(Cc2nnc(-c3ccc(F)c(C=O)c3F)s2)C2(CCC2)C1=O. The highest BCUT2D eigenvalue weighted by Crippen LogP contribution is 2.45. The van der Waals surface area contributed by atoms with Crippen LogP contribution in [0.1, 0.15) is 41.6 Å². The van der Waals surface area contributed by atoms with Crippen LogP contribution in [0, 0.1) is 11.6 Å². The first-order chi connectivity index (χ1) is 13.4. The van der Waals surface area contributed by atoms with E-state index >= 15 is 0 Å². The molecule has 1 aromatic heterocycles. The summed E-state index contributed by atoms with van der Waals surface area (Å²) in [6.07, 6.45) is 2.19. The van der Waals surface area contributed by atoms with Gasteiger partial charge in [-0.2, -0.15) is 0 Å². The molecule has 1 aromatic carbocycles. The van der Waals surface area contributed by atoms with Crippen molar-refractivity contribution in [1.29, 1.82) is 0 Å². The van der Waals surface area contributed by atoms with Gasteiger partial charge in [-0.15, -0.1) is 10.2 Å². The van der Waals surface area contributed by atoms with Crippen molar-refractivity contribution < 1.29 is 23.2 Å². The van der Waals surface area contributed by atoms with Gasteiger partial charge in [0.05, 0.1) is 12.1 Å². The van der Waals surface area contributed by atoms with E-state index in [1.54, 1.807) is 6.92 Å². The number of carbonyl (C=O) groups is 3. The maximum absolute atomic E-state index is 14.4. The first-order valence-corrected chi connectivity index (χ1v) is 9.64. The van der Waals surface area contributed by atoms with Crippen molar-refractivity contribution in [3.8, 4) is 10.6 Å². The lowest BCUT2D eigenvalue weighted by molar-refractivity contribution is -0.137. The first-order valence-electron chi connectivity index (χ1n) is 8.82. The Morgan fingerprint density at radius 2 is 2.00 bits per heavy atom. The van der Waals surface area contributed by atoms with Crippen LogP contribution in [0.25, 0.3) is 10.6 Å². The van der Waals surface area contributed by atoms with E-state index in [0.717, 1.165) is 23.8 Å². The number of aromatic nitrogens is 2. The van der Waals surface area contributed by atoms with E-state index in [1.807, 2.05) is 0 Å². The fourth-order valence-electron chi connectivity index (χ4n) is 3.68. The molecule has 1 aliphatic carbocycles. The van der Waals surface area contributed by atoms with E-state index in [-0.39, 0.29) is 35.3 Å². The van der Waals surface area contributed by atoms with E-state index in [0.29, 0.717) is 24.4 Å². The van der Waals surface area contributed by atoms with Gasteiger partial charge in [0, 0.05) is 12.1 Å². The first kappa shape index (κ1) is 18.6. The Morgan fingerprint density at radius 1 is 1.25 bits per heavy atom. The number of benzene rings is 1. The van der Waals surface area contributed by atoms with Gasteiger partial charge in [0.1, 0.15) is 22.2 Å². The fourth-order valence-corrected chi connectivity index (χ4v) is 4.53. The van der Waals surface area contributed by atoms with Gasteiger partial charge >= 0.3 is 6.03 Å². The number of aldehydes is 1. The maximum atomic E-state index is 14.4. The Labute approximate surface area is 163 Å². The quantitative estimate of drug-likeness (QED) is 0.563. The van der Waals surface area contributed by atoms with Crippen molar-refractivity contribution in [2.24, 2.45) is 0 Å². The molecule has 1 saturated carbocycles. The van der Waals surface area contributed by atoms with Crippen LogP contribution < -0.4 is 0 Å². The summed E-state index contributed by atoms with van der Waals surface area (Å²) >= 11 is 1.04. The Bertz CT molecular complexity index is 989. The summed E-state index contributed by atoms with van der Waals surface area (Å²) in [4.78, 5) is 39.0. The second-order valence-electron chi connectivity index (χ2n) is 6.74. The van der Waals surface area contributed by atoms with Crippen LogP contribution >= 0.6 is 11.3 Å². The van der Waals surface area contributed by atoms with Gasteiger partial charge < -0.3 is 4.90 Å². The van der Waals surface area contributed by atoms with Crippen LogP contribution in [0.3, 0.4) is 0 Å². The molecule has 10 heteroatoms. The highest BCUT2D eigenvalue weighted by atomic mass is 32.1. The van der Waals surface area contributed by atoms with Crippen LogP contribution in [0.5, 0.6) is 0 Å². The average Bonchev–Trinajstić information content (AvgIpc) is 3.17. The average molecular weight is 406 g/mol. The van der Waals surface area contributed by atoms with Crippen LogP contribution in [0.15, 0.2) is 12.1 Å². The lowest BCUT2D eigenvalue weighted by Gasteiger charge is -2.41. The molecule has 1 spiro atoms. The topological polar surface area (TPSA) is 83.5 Å². The van der Waals surface area contributed by atoms with E-state index in [2.05, 4.69) is 10.2 Å². The van der Waals surface area contributed by atoms with E-state index in [4.69, 9.17) is 0 Å². The molecule has 0 unspecified atom stereocenters. The predicted octanol–water partition coefficient (Wildman–Crippen LogP) is 3.00. The monoisotopic (exact) mass is 406 g/mol. The zero-order valence-electron chi connectivity index (χ0n) is 14.9. The van der Waals surface area contributed by atoms with Crippen molar-refractivity contribution in [2.75, 3.05) is 6.54 Å². The van der Waals surface area contributed by atoms with Gasteiger partial charge in [0.15, 0.2) is 11.3 Å². The van der Waals surface area contributed by atoms with E-state index in [9.17, 15) is 23.2 Å². The standard InChI is InChI=1S/C18H16F2N4O3S/c1-2-23-16(26)18(6-3-7-18)24(17(23)27)8-13-21-22-15(28-13)10-4-5-12(19)11(9-25)14(10)20/h4-5,9H,2-3,6-8H2,1H3. The molecule has 3 amide bonds. The molecule has 0 bridgehead atoms. The number of rotatable bonds is 5. The van der Waals surface area contributed by atoms with Gasteiger partial charge in [0.2, 0.25) is 0 Å². The summed E-state index contributed by atoms with van der Waals surface area (Å²) in [5.74, 6) is -2.14. The molecule has 1 aliphatic heterocycles. The van der Waals surface area contributed by atoms with E-state index in [1.165, 1.54) is 15.9 Å². The van der Waals surface area contributed by atoms with Crippen molar-refractivity contribution in [3.05, 3.63) is 34.3 Å². The molecule has 0 N–H and O–H groups in total. The Balaban J connectivity index is 1.63. The van der Waals surface area contributed by atoms with Gasteiger partial charge in [0.25, 0.3) is 5.91 Å². The summed E-state index contributed by atoms with van der Waals surface area (Å²) < 4.78 is 27.9. The molecule has 4 rings (SSSR count). The van der Waals surface area contributed by atoms with Gasteiger partial charge in [-0.1, -0.05) is 11.3 Å².